The fourth-order valence-electron chi connectivity index (χ4n) is 4.90. The molecule has 48 heavy (non-hydrogen) atoms. The molecule has 0 aromatic heterocycles. The molecule has 0 bridgehead atoms. The summed E-state index contributed by atoms with van der Waals surface area (Å²) in [6.07, 6.45) is 2.04. The van der Waals surface area contributed by atoms with Gasteiger partial charge in [-0.1, -0.05) is 38.8 Å². The van der Waals surface area contributed by atoms with E-state index in [0.29, 0.717) is 51.6 Å². The maximum atomic E-state index is 13.8. The van der Waals surface area contributed by atoms with Gasteiger partial charge in [0.1, 0.15) is 0 Å². The maximum absolute atomic E-state index is 13.8. The Morgan fingerprint density at radius 2 is 1.10 bits per heavy atom. The van der Waals surface area contributed by atoms with Gasteiger partial charge < -0.3 is 46.7 Å². The molecule has 0 aliphatic rings. The Balaban J connectivity index is 6.74. The van der Waals surface area contributed by atoms with E-state index in [4.69, 9.17) is 36.0 Å². The van der Waals surface area contributed by atoms with E-state index in [0.717, 1.165) is 6.42 Å². The molecule has 2 amide bonds. The zero-order valence-electron chi connectivity index (χ0n) is 31.1. The predicted molar refractivity (Wildman–Crippen MR) is 184 cm³/mol. The van der Waals surface area contributed by atoms with E-state index < -0.39 is 53.2 Å². The first-order chi connectivity index (χ1) is 22.7. The Morgan fingerprint density at radius 1 is 0.667 bits per heavy atom. The second-order valence-electron chi connectivity index (χ2n) is 11.6. The molecule has 0 radical (unpaired) electrons. The van der Waals surface area contributed by atoms with Crippen LogP contribution in [0, 0.1) is 17.3 Å². The molecule has 0 aromatic carbocycles. The van der Waals surface area contributed by atoms with Crippen molar-refractivity contribution in [2.75, 3.05) is 66.2 Å². The Bertz CT molecular complexity index is 978. The number of hydrogen-bond acceptors (Lipinski definition) is 12. The third kappa shape index (κ3) is 16.5. The van der Waals surface area contributed by atoms with Crippen LogP contribution >= 0.6 is 0 Å². The zero-order valence-corrected chi connectivity index (χ0v) is 33.1. The molecule has 0 aliphatic carbocycles. The minimum absolute atomic E-state index is 0.00719. The molecule has 2 atom stereocenters. The Labute approximate surface area is 290 Å². The second kappa shape index (κ2) is 24.0. The van der Waals surface area contributed by atoms with Gasteiger partial charge in [0.25, 0.3) is 0 Å². The summed E-state index contributed by atoms with van der Waals surface area (Å²) in [5.74, 6) is -4.37. The number of nitrogens with one attached hydrogen (secondary N) is 2. The summed E-state index contributed by atoms with van der Waals surface area (Å²) in [5, 5.41) is 5.68. The molecule has 0 heterocycles. The summed E-state index contributed by atoms with van der Waals surface area (Å²) in [6, 6.07) is 0. The summed E-state index contributed by atoms with van der Waals surface area (Å²) in [7, 11) is -4.01. The van der Waals surface area contributed by atoms with Crippen LogP contribution in [0.3, 0.4) is 0 Å². The molecule has 0 aromatic rings. The van der Waals surface area contributed by atoms with Crippen LogP contribution in [0.15, 0.2) is 11.6 Å². The normalized spacial score (nSPS) is 13.9. The van der Waals surface area contributed by atoms with Crippen LogP contribution in [0.2, 0.25) is 0 Å². The van der Waals surface area contributed by atoms with Crippen LogP contribution in [0.1, 0.15) is 88.0 Å². The van der Waals surface area contributed by atoms with Crippen molar-refractivity contribution in [1.82, 2.24) is 10.6 Å². The van der Waals surface area contributed by atoms with Gasteiger partial charge in [0.2, 0.25) is 11.8 Å². The lowest BCUT2D eigenvalue weighted by atomic mass is 9.77. The van der Waals surface area contributed by atoms with E-state index in [2.05, 4.69) is 10.6 Å². The van der Waals surface area contributed by atoms with Crippen molar-refractivity contribution >= 4 is 41.4 Å². The monoisotopic (exact) mass is 722 g/mol. The number of amides is 2. The maximum Gasteiger partial charge on any atom is 0.521 e. The van der Waals surface area contributed by atoms with Crippen molar-refractivity contribution in [3.63, 3.8) is 0 Å². The Morgan fingerprint density at radius 3 is 1.48 bits per heavy atom. The van der Waals surface area contributed by atoms with E-state index in [1.165, 1.54) is 14.2 Å². The SMILES string of the molecule is CCO[Si](CNC(=O)CC(C(=O)OC)/C(=C/C(CC(=O)OC)C(=O)NC[Si](OCC)(OCC)OCC)CC(C)(C)CC)(OCC)OCC. The summed E-state index contributed by atoms with van der Waals surface area (Å²) in [6.45, 7) is 18.9. The largest absolute Gasteiger partial charge is 0.521 e. The van der Waals surface area contributed by atoms with Crippen LogP contribution in [-0.4, -0.2) is 108 Å². The lowest BCUT2D eigenvalue weighted by Gasteiger charge is -2.30. The fourth-order valence-corrected chi connectivity index (χ4v) is 9.45. The third-order valence-corrected chi connectivity index (χ3v) is 13.1. The number of hydrogen-bond donors (Lipinski definition) is 2. The first kappa shape index (κ1) is 45.8. The number of carbonyl (C=O) groups is 4. The van der Waals surface area contributed by atoms with Gasteiger partial charge in [0.15, 0.2) is 0 Å². The lowest BCUT2D eigenvalue weighted by Crippen LogP contribution is -2.56. The van der Waals surface area contributed by atoms with Gasteiger partial charge in [0, 0.05) is 46.1 Å². The highest BCUT2D eigenvalue weighted by Crippen LogP contribution is 2.35. The number of ether oxygens (including phenoxy) is 2. The van der Waals surface area contributed by atoms with Crippen molar-refractivity contribution in [1.29, 1.82) is 0 Å². The molecule has 16 heteroatoms. The Hall–Kier alpha value is -2.19. The van der Waals surface area contributed by atoms with Gasteiger partial charge in [-0.3, -0.25) is 19.2 Å². The number of rotatable bonds is 27. The van der Waals surface area contributed by atoms with Crippen molar-refractivity contribution in [3.05, 3.63) is 11.6 Å². The number of carbonyl (C=O) groups excluding carboxylic acids is 4. The van der Waals surface area contributed by atoms with Crippen LogP contribution < -0.4 is 10.6 Å². The quantitative estimate of drug-likeness (QED) is 0.0721. The molecular weight excluding hydrogens is 661 g/mol. The molecule has 0 fully saturated rings. The first-order valence-electron chi connectivity index (χ1n) is 16.9. The van der Waals surface area contributed by atoms with Gasteiger partial charge >= 0.3 is 29.5 Å². The number of esters is 2. The summed E-state index contributed by atoms with van der Waals surface area (Å²) >= 11 is 0. The molecule has 14 nitrogen and oxygen atoms in total. The summed E-state index contributed by atoms with van der Waals surface area (Å²) < 4.78 is 45.2. The van der Waals surface area contributed by atoms with Crippen molar-refractivity contribution in [2.45, 2.75) is 88.0 Å². The molecule has 0 spiro atoms. The molecular formula is C32H62N2O12Si2. The minimum Gasteiger partial charge on any atom is -0.469 e. The fraction of sp³-hybridized carbons (Fsp3) is 0.812. The van der Waals surface area contributed by atoms with E-state index in [9.17, 15) is 19.2 Å². The van der Waals surface area contributed by atoms with Crippen molar-refractivity contribution in [2.24, 2.45) is 17.3 Å². The highest BCUT2D eigenvalue weighted by molar-refractivity contribution is 6.61. The van der Waals surface area contributed by atoms with Gasteiger partial charge in [-0.05, 0) is 53.4 Å². The van der Waals surface area contributed by atoms with Gasteiger partial charge in [-0.25, -0.2) is 0 Å². The molecule has 2 unspecified atom stereocenters. The van der Waals surface area contributed by atoms with E-state index >= 15 is 0 Å². The third-order valence-electron chi connectivity index (χ3n) is 7.50. The molecule has 0 rings (SSSR count). The molecule has 280 valence electrons. The van der Waals surface area contributed by atoms with Gasteiger partial charge in [-0.15, -0.1) is 0 Å². The minimum atomic E-state index is -3.27. The van der Waals surface area contributed by atoms with Gasteiger partial charge in [0.05, 0.1) is 44.8 Å². The van der Waals surface area contributed by atoms with E-state index in [-0.39, 0.29) is 30.6 Å². The lowest BCUT2D eigenvalue weighted by molar-refractivity contribution is -0.146. The average Bonchev–Trinajstić information content (AvgIpc) is 3.04. The van der Waals surface area contributed by atoms with Crippen LogP contribution in [0.4, 0.5) is 0 Å². The molecule has 0 saturated carbocycles. The highest BCUT2D eigenvalue weighted by Gasteiger charge is 2.43. The zero-order chi connectivity index (χ0) is 36.8. The van der Waals surface area contributed by atoms with Crippen LogP contribution in [0.25, 0.3) is 0 Å². The summed E-state index contributed by atoms with van der Waals surface area (Å²) in [4.78, 5) is 53.1. The van der Waals surface area contributed by atoms with Crippen LogP contribution in [-0.2, 0) is 55.2 Å². The second-order valence-corrected chi connectivity index (χ2v) is 16.7. The van der Waals surface area contributed by atoms with Crippen molar-refractivity contribution < 1.29 is 55.2 Å². The van der Waals surface area contributed by atoms with E-state index in [1.54, 1.807) is 6.08 Å². The first-order valence-corrected chi connectivity index (χ1v) is 20.8. The summed E-state index contributed by atoms with van der Waals surface area (Å²) in [5.41, 5.74) is 0.154. The molecule has 0 saturated heterocycles. The van der Waals surface area contributed by atoms with Crippen molar-refractivity contribution in [3.8, 4) is 0 Å². The standard InChI is InChI=1S/C32H62N2O12Si2/c1-12-32(8,9)22-26(27(31(38)40-11)21-28(35)33-23-47(41-13-2,42-14-3)43-15-4)19-25(20-29(36)39-10)30(37)34-24-48(44-16-5,45-17-6)46-18-7/h19,25,27H,12-18,20-24H2,1-11H3,(H,33,35)(H,34,37)/b26-19+. The molecule has 2 N–H and O–H groups in total. The smallest absolute Gasteiger partial charge is 0.469 e. The number of methoxy groups -OCH3 is 2. The highest BCUT2D eigenvalue weighted by atomic mass is 28.4. The average molecular weight is 723 g/mol. The molecule has 0 aliphatic heterocycles. The van der Waals surface area contributed by atoms with Gasteiger partial charge in [-0.2, -0.15) is 0 Å². The topological polar surface area (TPSA) is 166 Å². The Kier molecular flexibility index (Phi) is 23.0. The van der Waals surface area contributed by atoms with Crippen LogP contribution in [0.5, 0.6) is 0 Å². The van der Waals surface area contributed by atoms with E-state index in [1.807, 2.05) is 62.3 Å². The predicted octanol–water partition coefficient (Wildman–Crippen LogP) is 3.51.